The van der Waals surface area contributed by atoms with E-state index in [1.807, 2.05) is 77.3 Å². The van der Waals surface area contributed by atoms with E-state index in [-0.39, 0.29) is 6.79 Å². The third-order valence-electron chi connectivity index (χ3n) is 5.79. The second-order valence-corrected chi connectivity index (χ2v) is 7.96. The number of hydrogen-bond donors (Lipinski definition) is 1. The van der Waals surface area contributed by atoms with Crippen LogP contribution < -0.4 is 19.5 Å². The molecule has 0 spiro atoms. The number of rotatable bonds is 6. The van der Waals surface area contributed by atoms with E-state index in [9.17, 15) is 0 Å². The van der Waals surface area contributed by atoms with Crippen LogP contribution in [0.2, 0.25) is 0 Å². The summed E-state index contributed by atoms with van der Waals surface area (Å²) in [5, 5.41) is 8.38. The molecule has 7 nitrogen and oxygen atoms in total. The lowest BCUT2D eigenvalue weighted by atomic mass is 10.1. The summed E-state index contributed by atoms with van der Waals surface area (Å²) in [5.41, 5.74) is 5.60. The van der Waals surface area contributed by atoms with Crippen LogP contribution in [-0.4, -0.2) is 28.5 Å². The number of ether oxygens (including phenoxy) is 3. The van der Waals surface area contributed by atoms with Crippen LogP contribution >= 0.6 is 0 Å². The van der Waals surface area contributed by atoms with E-state index in [1.54, 1.807) is 7.11 Å². The van der Waals surface area contributed by atoms with Crippen molar-refractivity contribution >= 4 is 11.5 Å². The van der Waals surface area contributed by atoms with Gasteiger partial charge in [0.15, 0.2) is 17.1 Å². The van der Waals surface area contributed by atoms with E-state index in [4.69, 9.17) is 24.3 Å². The summed E-state index contributed by atoms with van der Waals surface area (Å²) >= 11 is 0. The zero-order chi connectivity index (χ0) is 22.9. The summed E-state index contributed by atoms with van der Waals surface area (Å²) < 4.78 is 18.1. The molecule has 7 heteroatoms. The number of fused-ring (bicyclic) bond motifs is 2. The summed E-state index contributed by atoms with van der Waals surface area (Å²) in [5.74, 6) is 3.20. The molecule has 0 radical (unpaired) electrons. The average molecular weight is 450 g/mol. The van der Waals surface area contributed by atoms with Crippen molar-refractivity contribution in [3.63, 3.8) is 0 Å². The van der Waals surface area contributed by atoms with Gasteiger partial charge in [0.25, 0.3) is 0 Å². The van der Waals surface area contributed by atoms with Crippen molar-refractivity contribution in [1.82, 2.24) is 14.6 Å². The van der Waals surface area contributed by atoms with Gasteiger partial charge in [0, 0.05) is 29.8 Å². The topological polar surface area (TPSA) is 69.9 Å². The second-order valence-electron chi connectivity index (χ2n) is 7.96. The first-order valence-electron chi connectivity index (χ1n) is 11.0. The Morgan fingerprint density at radius 3 is 2.47 bits per heavy atom. The van der Waals surface area contributed by atoms with Gasteiger partial charge < -0.3 is 19.5 Å². The van der Waals surface area contributed by atoms with Crippen LogP contribution in [0.3, 0.4) is 0 Å². The number of anilines is 1. The van der Waals surface area contributed by atoms with Crippen molar-refractivity contribution in [3.05, 3.63) is 90.5 Å². The molecular formula is C27H22N4O3. The maximum atomic E-state index is 5.52. The smallest absolute Gasteiger partial charge is 0.231 e. The minimum atomic E-state index is 0.263. The molecule has 34 heavy (non-hydrogen) atoms. The number of methoxy groups -OCH3 is 1. The Balaban J connectivity index is 1.39. The van der Waals surface area contributed by atoms with Crippen LogP contribution in [0, 0.1) is 0 Å². The molecule has 2 aromatic heterocycles. The van der Waals surface area contributed by atoms with Gasteiger partial charge in [-0.15, -0.1) is 0 Å². The van der Waals surface area contributed by atoms with E-state index in [0.717, 1.165) is 56.8 Å². The molecule has 0 bridgehead atoms. The average Bonchev–Trinajstić information content (AvgIpc) is 3.54. The standard InChI is InChI=1S/C27H22N4O3/c1-32-21-10-8-20(9-11-21)23-15-27-29-22(19-5-3-2-4-6-19)14-26(31(27)30-23)28-16-18-7-12-24-25(13-18)34-17-33-24/h2-15,28H,16-17H2,1H3. The Morgan fingerprint density at radius 2 is 1.65 bits per heavy atom. The van der Waals surface area contributed by atoms with Gasteiger partial charge in [0.2, 0.25) is 6.79 Å². The lowest BCUT2D eigenvalue weighted by Crippen LogP contribution is -2.06. The molecule has 0 aliphatic carbocycles. The highest BCUT2D eigenvalue weighted by Gasteiger charge is 2.15. The van der Waals surface area contributed by atoms with E-state index in [1.165, 1.54) is 0 Å². The molecule has 0 unspecified atom stereocenters. The van der Waals surface area contributed by atoms with Crippen LogP contribution in [0.5, 0.6) is 17.2 Å². The molecule has 0 saturated heterocycles. The minimum Gasteiger partial charge on any atom is -0.497 e. The maximum absolute atomic E-state index is 5.52. The molecular weight excluding hydrogens is 428 g/mol. The molecule has 3 heterocycles. The summed E-state index contributed by atoms with van der Waals surface area (Å²) in [4.78, 5) is 4.89. The first-order valence-corrected chi connectivity index (χ1v) is 11.0. The zero-order valence-electron chi connectivity index (χ0n) is 18.6. The van der Waals surface area contributed by atoms with Gasteiger partial charge in [-0.05, 0) is 42.0 Å². The van der Waals surface area contributed by atoms with Gasteiger partial charge in [0.1, 0.15) is 11.6 Å². The SMILES string of the molecule is COc1ccc(-c2cc3nc(-c4ccccc4)cc(NCc4ccc5c(c4)OCO5)n3n2)cc1. The molecule has 1 N–H and O–H groups in total. The molecule has 3 aromatic carbocycles. The third kappa shape index (κ3) is 3.77. The summed E-state index contributed by atoms with van der Waals surface area (Å²) in [6.45, 7) is 0.862. The summed E-state index contributed by atoms with van der Waals surface area (Å²) in [6.07, 6.45) is 0. The molecule has 0 fully saturated rings. The predicted octanol–water partition coefficient (Wildman–Crippen LogP) is 5.41. The van der Waals surface area contributed by atoms with E-state index >= 15 is 0 Å². The van der Waals surface area contributed by atoms with Gasteiger partial charge in [-0.25, -0.2) is 4.98 Å². The largest absolute Gasteiger partial charge is 0.497 e. The fourth-order valence-corrected chi connectivity index (χ4v) is 4.00. The van der Waals surface area contributed by atoms with Crippen LogP contribution in [0.15, 0.2) is 84.9 Å². The monoisotopic (exact) mass is 450 g/mol. The van der Waals surface area contributed by atoms with Crippen molar-refractivity contribution < 1.29 is 14.2 Å². The van der Waals surface area contributed by atoms with E-state index in [2.05, 4.69) is 17.4 Å². The molecule has 0 atom stereocenters. The van der Waals surface area contributed by atoms with Crippen molar-refractivity contribution in [2.75, 3.05) is 19.2 Å². The highest BCUT2D eigenvalue weighted by Crippen LogP contribution is 2.33. The molecule has 5 aromatic rings. The number of aromatic nitrogens is 3. The van der Waals surface area contributed by atoms with Gasteiger partial charge >= 0.3 is 0 Å². The van der Waals surface area contributed by atoms with Crippen LogP contribution in [0.25, 0.3) is 28.2 Å². The fraction of sp³-hybridized carbons (Fsp3) is 0.111. The molecule has 0 amide bonds. The van der Waals surface area contributed by atoms with Crippen LogP contribution in [0.1, 0.15) is 5.56 Å². The van der Waals surface area contributed by atoms with Gasteiger partial charge in [0.05, 0.1) is 18.5 Å². The maximum Gasteiger partial charge on any atom is 0.231 e. The lowest BCUT2D eigenvalue weighted by molar-refractivity contribution is 0.174. The predicted molar refractivity (Wildman–Crippen MR) is 130 cm³/mol. The molecule has 168 valence electrons. The Morgan fingerprint density at radius 1 is 0.853 bits per heavy atom. The lowest BCUT2D eigenvalue weighted by Gasteiger charge is -2.11. The Hall–Kier alpha value is -4.52. The van der Waals surface area contributed by atoms with E-state index in [0.29, 0.717) is 6.54 Å². The van der Waals surface area contributed by atoms with Crippen molar-refractivity contribution in [2.45, 2.75) is 6.54 Å². The van der Waals surface area contributed by atoms with Crippen molar-refractivity contribution in [3.8, 4) is 39.8 Å². The third-order valence-corrected chi connectivity index (χ3v) is 5.79. The quantitative estimate of drug-likeness (QED) is 0.373. The highest BCUT2D eigenvalue weighted by atomic mass is 16.7. The molecule has 6 rings (SSSR count). The zero-order valence-corrected chi connectivity index (χ0v) is 18.6. The van der Waals surface area contributed by atoms with Crippen LogP contribution in [0.4, 0.5) is 5.82 Å². The second kappa shape index (κ2) is 8.44. The van der Waals surface area contributed by atoms with Gasteiger partial charge in [-0.3, -0.25) is 0 Å². The Kier molecular flexibility index (Phi) is 4.99. The van der Waals surface area contributed by atoms with Crippen molar-refractivity contribution in [2.24, 2.45) is 0 Å². The van der Waals surface area contributed by atoms with Gasteiger partial charge in [-0.1, -0.05) is 36.4 Å². The number of nitrogens with zero attached hydrogens (tertiary/aromatic N) is 3. The van der Waals surface area contributed by atoms with Gasteiger partial charge in [-0.2, -0.15) is 9.61 Å². The number of benzene rings is 3. The summed E-state index contributed by atoms with van der Waals surface area (Å²) in [6, 6.07) is 28.0. The highest BCUT2D eigenvalue weighted by molar-refractivity contribution is 5.71. The normalized spacial score (nSPS) is 12.1. The first kappa shape index (κ1) is 20.1. The Bertz CT molecular complexity index is 1460. The van der Waals surface area contributed by atoms with Crippen LogP contribution in [-0.2, 0) is 6.54 Å². The first-order chi connectivity index (χ1) is 16.8. The number of hydrogen-bond acceptors (Lipinski definition) is 6. The minimum absolute atomic E-state index is 0.263. The Labute approximate surface area is 196 Å². The summed E-state index contributed by atoms with van der Waals surface area (Å²) in [7, 11) is 1.66. The van der Waals surface area contributed by atoms with E-state index < -0.39 is 0 Å². The molecule has 1 aliphatic heterocycles. The fourth-order valence-electron chi connectivity index (χ4n) is 4.00. The molecule has 0 saturated carbocycles. The molecule has 1 aliphatic rings. The van der Waals surface area contributed by atoms with Crippen molar-refractivity contribution in [1.29, 1.82) is 0 Å². The number of nitrogens with one attached hydrogen (secondary N) is 1.